The first-order valence-corrected chi connectivity index (χ1v) is 17.0. The third-order valence-electron chi connectivity index (χ3n) is 9.44. The van der Waals surface area contributed by atoms with Gasteiger partial charge in [0, 0.05) is 22.1 Å². The van der Waals surface area contributed by atoms with Gasteiger partial charge in [0.15, 0.2) is 0 Å². The maximum Gasteiger partial charge on any atom is 0.0694 e. The molecule has 0 atom stereocenters. The Hall–Kier alpha value is -3.92. The average molecular weight is 587 g/mol. The van der Waals surface area contributed by atoms with Gasteiger partial charge in [-0.2, -0.15) is 0 Å². The maximum atomic E-state index is 5.20. The lowest BCUT2D eigenvalue weighted by molar-refractivity contribution is 1.07. The number of hydrogen-bond donors (Lipinski definition) is 2. The monoisotopic (exact) mass is 586 g/mol. The molecular formula is C40H50N4. The number of nitrogens with zero attached hydrogens (tertiary/aromatic N) is 2. The SMILES string of the molecule is CCC1=C(CC)c2cc3nc(cccc4[nH]c(cc5[nH]c(cccc1n2)c(CC)c5CC)c(CC)c4CC)C(CC)=C3CC. The van der Waals surface area contributed by atoms with E-state index in [1.54, 1.807) is 0 Å². The summed E-state index contributed by atoms with van der Waals surface area (Å²) in [7, 11) is 0. The Morgan fingerprint density at radius 2 is 0.727 bits per heavy atom. The summed E-state index contributed by atoms with van der Waals surface area (Å²) in [6.45, 7) is 18.0. The summed E-state index contributed by atoms with van der Waals surface area (Å²) in [5.74, 6) is 0. The molecule has 0 fully saturated rings. The van der Waals surface area contributed by atoms with E-state index in [-0.39, 0.29) is 0 Å². The molecule has 4 nitrogen and oxygen atoms in total. The second-order valence-electron chi connectivity index (χ2n) is 11.7. The third kappa shape index (κ3) is 5.67. The predicted molar refractivity (Wildman–Crippen MR) is 191 cm³/mol. The fourth-order valence-electron chi connectivity index (χ4n) is 7.37. The lowest BCUT2D eigenvalue weighted by atomic mass is 9.98. The number of hydrogen-bond acceptors (Lipinski definition) is 2. The lowest BCUT2D eigenvalue weighted by Crippen LogP contribution is -1.86. The van der Waals surface area contributed by atoms with Crippen molar-refractivity contribution in [1.29, 1.82) is 0 Å². The van der Waals surface area contributed by atoms with Crippen molar-refractivity contribution in [3.05, 3.63) is 93.6 Å². The molecule has 5 rings (SSSR count). The molecule has 0 spiro atoms. The van der Waals surface area contributed by atoms with E-state index in [0.717, 1.165) is 74.1 Å². The fourth-order valence-corrected chi connectivity index (χ4v) is 7.37. The molecule has 3 aromatic heterocycles. The van der Waals surface area contributed by atoms with Crippen molar-refractivity contribution in [2.24, 2.45) is 0 Å². The Morgan fingerprint density at radius 3 is 1.07 bits per heavy atom. The minimum Gasteiger partial charge on any atom is -0.355 e. The van der Waals surface area contributed by atoms with E-state index >= 15 is 0 Å². The summed E-state index contributed by atoms with van der Waals surface area (Å²) in [5.41, 5.74) is 20.0. The standard InChI is InChI=1S/C40H50N4/c1-9-25-29(13-5)37-23-38-30(14-6)26(10-2)35(42-38)21-18-22-36-28(12-4)32(16-8)40(44-36)24-39-31(15-7)27(11-3)34(43-39)20-17-19-33(25)41-37/h17-24,41-42H,9-16H2,1-8H3. The quantitative estimate of drug-likeness (QED) is 0.276. The lowest BCUT2D eigenvalue weighted by Gasteiger charge is -2.04. The fraction of sp³-hybridized carbons (Fsp3) is 0.400. The van der Waals surface area contributed by atoms with Crippen molar-refractivity contribution in [2.75, 3.05) is 0 Å². The van der Waals surface area contributed by atoms with Crippen LogP contribution >= 0.6 is 0 Å². The molecule has 44 heavy (non-hydrogen) atoms. The molecule has 2 aliphatic rings. The van der Waals surface area contributed by atoms with Gasteiger partial charge in [-0.1, -0.05) is 67.5 Å². The summed E-state index contributed by atoms with van der Waals surface area (Å²) in [6.07, 6.45) is 7.80. The van der Waals surface area contributed by atoms with Gasteiger partial charge in [0.05, 0.1) is 22.8 Å². The topological polar surface area (TPSA) is 57.4 Å². The van der Waals surface area contributed by atoms with E-state index in [2.05, 4.69) is 114 Å². The smallest absolute Gasteiger partial charge is 0.0694 e. The van der Waals surface area contributed by atoms with Crippen molar-refractivity contribution in [3.63, 3.8) is 0 Å². The number of aryl methyl sites for hydroxylation is 4. The molecule has 230 valence electrons. The van der Waals surface area contributed by atoms with E-state index < -0.39 is 0 Å². The van der Waals surface area contributed by atoms with Crippen LogP contribution in [0.1, 0.15) is 126 Å². The highest BCUT2D eigenvalue weighted by molar-refractivity contribution is 5.95. The third-order valence-corrected chi connectivity index (χ3v) is 9.44. The maximum absolute atomic E-state index is 5.20. The van der Waals surface area contributed by atoms with Crippen molar-refractivity contribution in [3.8, 4) is 0 Å². The number of aromatic nitrogens is 4. The molecule has 0 radical (unpaired) electrons. The van der Waals surface area contributed by atoms with Crippen LogP contribution in [0.5, 0.6) is 0 Å². The molecule has 5 heterocycles. The van der Waals surface area contributed by atoms with E-state index in [1.165, 1.54) is 66.6 Å². The Morgan fingerprint density at radius 1 is 0.386 bits per heavy atom. The van der Waals surface area contributed by atoms with Crippen LogP contribution in [0.15, 0.2) is 48.5 Å². The van der Waals surface area contributed by atoms with Gasteiger partial charge in [0.1, 0.15) is 0 Å². The zero-order valence-corrected chi connectivity index (χ0v) is 28.2. The molecule has 4 heteroatoms. The largest absolute Gasteiger partial charge is 0.355 e. The van der Waals surface area contributed by atoms with Gasteiger partial charge in [-0.05, 0) is 132 Å². The van der Waals surface area contributed by atoms with Gasteiger partial charge in [-0.25, -0.2) is 9.97 Å². The highest BCUT2D eigenvalue weighted by Crippen LogP contribution is 2.38. The second kappa shape index (κ2) is 13.8. The van der Waals surface area contributed by atoms with Crippen molar-refractivity contribution in [2.45, 2.75) is 107 Å². The Labute approximate surface area is 264 Å². The first-order chi connectivity index (χ1) is 21.5. The molecule has 0 unspecified atom stereocenters. The molecular weight excluding hydrogens is 536 g/mol. The van der Waals surface area contributed by atoms with Gasteiger partial charge >= 0.3 is 0 Å². The summed E-state index contributed by atoms with van der Waals surface area (Å²) >= 11 is 0. The van der Waals surface area contributed by atoms with Crippen LogP contribution in [0.4, 0.5) is 0 Å². The van der Waals surface area contributed by atoms with Gasteiger partial charge in [-0.15, -0.1) is 0 Å². The number of allylic oxidation sites excluding steroid dienone is 4. The normalized spacial score (nSPS) is 13.1. The number of fused-ring (bicyclic) bond motifs is 8. The summed E-state index contributed by atoms with van der Waals surface area (Å²) < 4.78 is 0. The molecule has 0 aliphatic carbocycles. The average Bonchev–Trinajstić information content (AvgIpc) is 3.75. The zero-order valence-electron chi connectivity index (χ0n) is 28.2. The molecule has 0 amide bonds. The number of rotatable bonds is 8. The highest BCUT2D eigenvalue weighted by atomic mass is 14.8. The van der Waals surface area contributed by atoms with Crippen molar-refractivity contribution in [1.82, 2.24) is 19.9 Å². The van der Waals surface area contributed by atoms with Crippen LogP contribution in [0.2, 0.25) is 0 Å². The number of nitrogens with one attached hydrogen (secondary N) is 2. The van der Waals surface area contributed by atoms with Crippen molar-refractivity contribution >= 4 is 44.4 Å². The minimum atomic E-state index is 0.956. The van der Waals surface area contributed by atoms with Crippen LogP contribution in [-0.4, -0.2) is 19.9 Å². The van der Waals surface area contributed by atoms with Gasteiger partial charge < -0.3 is 9.97 Å². The predicted octanol–water partition coefficient (Wildman–Crippen LogP) is 11.2. The number of H-pyrrole nitrogens is 2. The summed E-state index contributed by atoms with van der Waals surface area (Å²) in [6, 6.07) is 17.8. The molecule has 0 saturated carbocycles. The van der Waals surface area contributed by atoms with Crippen LogP contribution in [-0.2, 0) is 25.7 Å². The van der Waals surface area contributed by atoms with Gasteiger partial charge in [-0.3, -0.25) is 0 Å². The summed E-state index contributed by atoms with van der Waals surface area (Å²) in [4.78, 5) is 18.0. The molecule has 0 aromatic carbocycles. The Bertz CT molecular complexity index is 1710. The van der Waals surface area contributed by atoms with E-state index in [1.807, 2.05) is 0 Å². The summed E-state index contributed by atoms with van der Waals surface area (Å²) in [5, 5.41) is 0. The van der Waals surface area contributed by atoms with Gasteiger partial charge in [0.2, 0.25) is 0 Å². The Balaban J connectivity index is 1.92. The minimum absolute atomic E-state index is 0.956. The van der Waals surface area contributed by atoms with Crippen LogP contribution in [0.25, 0.3) is 44.4 Å². The van der Waals surface area contributed by atoms with E-state index in [4.69, 9.17) is 9.97 Å². The molecule has 2 N–H and O–H groups in total. The van der Waals surface area contributed by atoms with Crippen LogP contribution < -0.4 is 0 Å². The number of aromatic amines is 2. The molecule has 2 aliphatic heterocycles. The van der Waals surface area contributed by atoms with Crippen molar-refractivity contribution < 1.29 is 0 Å². The van der Waals surface area contributed by atoms with Crippen LogP contribution in [0.3, 0.4) is 0 Å². The van der Waals surface area contributed by atoms with E-state index in [0.29, 0.717) is 0 Å². The first-order valence-electron chi connectivity index (χ1n) is 17.0. The Kier molecular flexibility index (Phi) is 9.88. The molecule has 8 bridgehead atoms. The first kappa shape index (κ1) is 31.5. The zero-order chi connectivity index (χ0) is 31.4. The van der Waals surface area contributed by atoms with Crippen LogP contribution in [0, 0.1) is 0 Å². The highest BCUT2D eigenvalue weighted by Gasteiger charge is 2.21. The van der Waals surface area contributed by atoms with E-state index in [9.17, 15) is 0 Å². The second-order valence-corrected chi connectivity index (χ2v) is 11.7. The van der Waals surface area contributed by atoms with Gasteiger partial charge in [0.25, 0.3) is 0 Å². The molecule has 3 aromatic rings. The molecule has 0 saturated heterocycles.